The first kappa shape index (κ1) is 15.3. The first-order chi connectivity index (χ1) is 9.15. The van der Waals surface area contributed by atoms with E-state index in [2.05, 4.69) is 26.1 Å². The predicted octanol–water partition coefficient (Wildman–Crippen LogP) is 4.00. The Hall–Kier alpha value is -0.0800. The topological polar surface area (TPSA) is 21.3 Å². The van der Waals surface area contributed by atoms with Crippen LogP contribution in [0, 0.1) is 17.8 Å². The van der Waals surface area contributed by atoms with Crippen molar-refractivity contribution in [2.75, 3.05) is 13.2 Å². The lowest BCUT2D eigenvalue weighted by Gasteiger charge is -2.32. The van der Waals surface area contributed by atoms with Crippen molar-refractivity contribution >= 4 is 0 Å². The molecule has 0 saturated heterocycles. The minimum absolute atomic E-state index is 0.526. The molecule has 0 bridgehead atoms. The maximum absolute atomic E-state index is 6.06. The van der Waals surface area contributed by atoms with Crippen LogP contribution in [0.15, 0.2) is 0 Å². The van der Waals surface area contributed by atoms with Crippen LogP contribution >= 0.6 is 0 Å². The fourth-order valence-electron chi connectivity index (χ4n) is 3.76. The van der Waals surface area contributed by atoms with Crippen molar-refractivity contribution in [2.45, 2.75) is 77.9 Å². The molecule has 112 valence electrons. The van der Waals surface area contributed by atoms with Crippen LogP contribution in [0.5, 0.6) is 0 Å². The van der Waals surface area contributed by atoms with E-state index in [0.29, 0.717) is 6.10 Å². The highest BCUT2D eigenvalue weighted by molar-refractivity contribution is 4.77. The molecule has 2 fully saturated rings. The van der Waals surface area contributed by atoms with E-state index in [1.807, 2.05) is 0 Å². The molecule has 5 atom stereocenters. The van der Waals surface area contributed by atoms with E-state index in [1.165, 1.54) is 44.9 Å². The average Bonchev–Trinajstić information content (AvgIpc) is 2.39. The van der Waals surface area contributed by atoms with Gasteiger partial charge in [-0.3, -0.25) is 0 Å². The van der Waals surface area contributed by atoms with E-state index in [-0.39, 0.29) is 0 Å². The molecule has 0 aromatic heterocycles. The number of hydrogen-bond donors (Lipinski definition) is 1. The zero-order valence-electron chi connectivity index (χ0n) is 13.2. The minimum Gasteiger partial charge on any atom is -0.377 e. The summed E-state index contributed by atoms with van der Waals surface area (Å²) in [5.74, 6) is 2.64. The number of nitrogens with one attached hydrogen (secondary N) is 1. The Kier molecular flexibility index (Phi) is 6.15. The second-order valence-corrected chi connectivity index (χ2v) is 7.18. The van der Waals surface area contributed by atoms with Gasteiger partial charge < -0.3 is 10.1 Å². The van der Waals surface area contributed by atoms with Crippen LogP contribution < -0.4 is 5.32 Å². The molecule has 2 rings (SSSR count). The van der Waals surface area contributed by atoms with Gasteiger partial charge in [-0.25, -0.2) is 0 Å². The van der Waals surface area contributed by atoms with E-state index in [4.69, 9.17) is 4.74 Å². The Balaban J connectivity index is 1.54. The third kappa shape index (κ3) is 5.07. The van der Waals surface area contributed by atoms with Crippen LogP contribution in [0.4, 0.5) is 0 Å². The lowest BCUT2D eigenvalue weighted by molar-refractivity contribution is 0.00314. The summed E-state index contributed by atoms with van der Waals surface area (Å²) in [6.45, 7) is 9.08. The summed E-state index contributed by atoms with van der Waals surface area (Å²) in [7, 11) is 0. The van der Waals surface area contributed by atoms with Gasteiger partial charge >= 0.3 is 0 Å². The van der Waals surface area contributed by atoms with Crippen LogP contribution in [-0.4, -0.2) is 25.3 Å². The molecule has 2 nitrogen and oxygen atoms in total. The molecule has 0 heterocycles. The maximum atomic E-state index is 6.06. The van der Waals surface area contributed by atoms with Crippen LogP contribution in [0.2, 0.25) is 0 Å². The Morgan fingerprint density at radius 2 is 1.79 bits per heavy atom. The van der Waals surface area contributed by atoms with E-state index in [9.17, 15) is 0 Å². The van der Waals surface area contributed by atoms with Crippen LogP contribution in [0.25, 0.3) is 0 Å². The van der Waals surface area contributed by atoms with Crippen molar-refractivity contribution < 1.29 is 4.74 Å². The Morgan fingerprint density at radius 3 is 2.53 bits per heavy atom. The Morgan fingerprint density at radius 1 is 0.947 bits per heavy atom. The van der Waals surface area contributed by atoms with Gasteiger partial charge in [-0.15, -0.1) is 0 Å². The third-order valence-electron chi connectivity index (χ3n) is 5.38. The summed E-state index contributed by atoms with van der Waals surface area (Å²) in [4.78, 5) is 0. The first-order valence-corrected chi connectivity index (χ1v) is 8.50. The smallest absolute Gasteiger partial charge is 0.0594 e. The van der Waals surface area contributed by atoms with Crippen molar-refractivity contribution in [3.8, 4) is 0 Å². The summed E-state index contributed by atoms with van der Waals surface area (Å²) < 4.78 is 6.06. The molecule has 0 aromatic carbocycles. The summed E-state index contributed by atoms with van der Waals surface area (Å²) in [5.41, 5.74) is 0. The molecule has 0 aliphatic heterocycles. The van der Waals surface area contributed by atoms with Crippen molar-refractivity contribution in [1.29, 1.82) is 0 Å². The SMILES string of the molecule is CC1CCCC(NCCOC2CCC(C)C(C)C2)C1. The molecule has 2 saturated carbocycles. The molecule has 5 unspecified atom stereocenters. The summed E-state index contributed by atoms with van der Waals surface area (Å²) in [6.07, 6.45) is 9.95. The van der Waals surface area contributed by atoms with Crippen molar-refractivity contribution in [3.63, 3.8) is 0 Å². The van der Waals surface area contributed by atoms with Gasteiger partial charge in [-0.2, -0.15) is 0 Å². The molecule has 2 heteroatoms. The first-order valence-electron chi connectivity index (χ1n) is 8.50. The zero-order chi connectivity index (χ0) is 13.7. The summed E-state index contributed by atoms with van der Waals surface area (Å²) >= 11 is 0. The maximum Gasteiger partial charge on any atom is 0.0594 e. The molecule has 19 heavy (non-hydrogen) atoms. The molecule has 0 aromatic rings. The van der Waals surface area contributed by atoms with Crippen molar-refractivity contribution in [1.82, 2.24) is 5.32 Å². The second-order valence-electron chi connectivity index (χ2n) is 7.18. The summed E-state index contributed by atoms with van der Waals surface area (Å²) in [6, 6.07) is 0.748. The third-order valence-corrected chi connectivity index (χ3v) is 5.38. The van der Waals surface area contributed by atoms with Crippen LogP contribution in [0.3, 0.4) is 0 Å². The second kappa shape index (κ2) is 7.64. The highest BCUT2D eigenvalue weighted by atomic mass is 16.5. The van der Waals surface area contributed by atoms with Gasteiger partial charge in [0, 0.05) is 12.6 Å². The minimum atomic E-state index is 0.526. The molecule has 0 spiro atoms. The van der Waals surface area contributed by atoms with Gasteiger partial charge in [0.05, 0.1) is 12.7 Å². The quantitative estimate of drug-likeness (QED) is 0.760. The highest BCUT2D eigenvalue weighted by Crippen LogP contribution is 2.30. The largest absolute Gasteiger partial charge is 0.377 e. The molecule has 0 radical (unpaired) electrons. The van der Waals surface area contributed by atoms with Crippen molar-refractivity contribution in [2.24, 2.45) is 17.8 Å². The fraction of sp³-hybridized carbons (Fsp3) is 1.00. The number of rotatable bonds is 5. The predicted molar refractivity (Wildman–Crippen MR) is 81.3 cm³/mol. The highest BCUT2D eigenvalue weighted by Gasteiger charge is 2.25. The standard InChI is InChI=1S/C17H33NO/c1-13-5-4-6-16(11-13)18-9-10-19-17-8-7-14(2)15(3)12-17/h13-18H,4-12H2,1-3H3. The van der Waals surface area contributed by atoms with Gasteiger partial charge in [0.2, 0.25) is 0 Å². The van der Waals surface area contributed by atoms with E-state index in [1.54, 1.807) is 0 Å². The van der Waals surface area contributed by atoms with E-state index >= 15 is 0 Å². The van der Waals surface area contributed by atoms with Gasteiger partial charge in [-0.1, -0.05) is 33.6 Å². The van der Waals surface area contributed by atoms with E-state index < -0.39 is 0 Å². The molecule has 1 N–H and O–H groups in total. The number of hydrogen-bond acceptors (Lipinski definition) is 2. The molecule has 0 amide bonds. The lowest BCUT2D eigenvalue weighted by Crippen LogP contribution is -2.36. The Bertz CT molecular complexity index is 256. The van der Waals surface area contributed by atoms with Gasteiger partial charge in [0.15, 0.2) is 0 Å². The molecular formula is C17H33NO. The van der Waals surface area contributed by atoms with Gasteiger partial charge in [0.25, 0.3) is 0 Å². The molecule has 2 aliphatic rings. The van der Waals surface area contributed by atoms with E-state index in [0.717, 1.165) is 36.9 Å². The monoisotopic (exact) mass is 267 g/mol. The Labute approximate surface area is 119 Å². The molecule has 2 aliphatic carbocycles. The van der Waals surface area contributed by atoms with Gasteiger partial charge in [0.1, 0.15) is 0 Å². The summed E-state index contributed by atoms with van der Waals surface area (Å²) in [5, 5.41) is 3.69. The van der Waals surface area contributed by atoms with Crippen molar-refractivity contribution in [3.05, 3.63) is 0 Å². The number of ether oxygens (including phenoxy) is 1. The average molecular weight is 267 g/mol. The normalized spacial score (nSPS) is 40.3. The lowest BCUT2D eigenvalue weighted by atomic mass is 9.80. The zero-order valence-corrected chi connectivity index (χ0v) is 13.2. The molecular weight excluding hydrogens is 234 g/mol. The van der Waals surface area contributed by atoms with Crippen LogP contribution in [0.1, 0.15) is 65.7 Å². The van der Waals surface area contributed by atoms with Gasteiger partial charge in [-0.05, 0) is 49.9 Å². The fourth-order valence-corrected chi connectivity index (χ4v) is 3.76. The van der Waals surface area contributed by atoms with Crippen LogP contribution in [-0.2, 0) is 4.74 Å².